The minimum atomic E-state index is -0.612. The minimum Gasteiger partial charge on any atom is -0.325 e. The van der Waals surface area contributed by atoms with Crippen LogP contribution < -0.4 is 5.32 Å². The number of rotatable bonds is 4. The Hall–Kier alpha value is -3.89. The van der Waals surface area contributed by atoms with Gasteiger partial charge in [0.2, 0.25) is 5.82 Å². The van der Waals surface area contributed by atoms with Crippen LogP contribution in [0.15, 0.2) is 30.3 Å². The molecule has 3 aromatic rings. The zero-order chi connectivity index (χ0) is 25.4. The standard InChI is InChI=1S/C25H29FN8O2/c1-15(2)34-23(29-30-31-34)21-7-6-8-22(27-21)28-24(35)19-14-18-16(3)33(12-9-17(18)13-20(19)26)25(36)32-10-4-5-11-32/h6-8,13-16H,4-5,9-12H2,1-3H3,(H,27,28,35). The van der Waals surface area contributed by atoms with Gasteiger partial charge in [0.05, 0.1) is 17.6 Å². The first-order chi connectivity index (χ1) is 17.3. The summed E-state index contributed by atoms with van der Waals surface area (Å²) in [4.78, 5) is 34.3. The summed E-state index contributed by atoms with van der Waals surface area (Å²) in [5, 5.41) is 14.4. The Morgan fingerprint density at radius 1 is 1.14 bits per heavy atom. The molecule has 188 valence electrons. The van der Waals surface area contributed by atoms with E-state index in [-0.39, 0.29) is 29.5 Å². The summed E-state index contributed by atoms with van der Waals surface area (Å²) in [6.07, 6.45) is 2.58. The van der Waals surface area contributed by atoms with Crippen molar-refractivity contribution in [1.29, 1.82) is 0 Å². The van der Waals surface area contributed by atoms with Gasteiger partial charge in [-0.1, -0.05) is 6.07 Å². The normalized spacial score (nSPS) is 17.4. The first-order valence-corrected chi connectivity index (χ1v) is 12.3. The van der Waals surface area contributed by atoms with Crippen LogP contribution in [-0.2, 0) is 6.42 Å². The number of aromatic nitrogens is 5. The maximum absolute atomic E-state index is 15.0. The fourth-order valence-electron chi connectivity index (χ4n) is 4.89. The number of halogens is 1. The topological polar surface area (TPSA) is 109 Å². The van der Waals surface area contributed by atoms with Crippen LogP contribution in [0.4, 0.5) is 15.0 Å². The molecule has 2 aliphatic rings. The Bertz CT molecular complexity index is 1300. The van der Waals surface area contributed by atoms with Gasteiger partial charge in [-0.3, -0.25) is 4.79 Å². The summed E-state index contributed by atoms with van der Waals surface area (Å²) in [5.41, 5.74) is 2.01. The third-order valence-electron chi connectivity index (χ3n) is 6.84. The largest absolute Gasteiger partial charge is 0.325 e. The van der Waals surface area contributed by atoms with E-state index in [1.54, 1.807) is 28.9 Å². The smallest absolute Gasteiger partial charge is 0.320 e. The fourth-order valence-corrected chi connectivity index (χ4v) is 4.89. The number of likely N-dealkylation sites (tertiary alicyclic amines) is 1. The van der Waals surface area contributed by atoms with Crippen molar-refractivity contribution in [3.05, 3.63) is 52.8 Å². The molecule has 1 N–H and O–H groups in total. The number of anilines is 1. The van der Waals surface area contributed by atoms with Gasteiger partial charge in [-0.25, -0.2) is 18.9 Å². The fraction of sp³-hybridized carbons (Fsp3) is 0.440. The van der Waals surface area contributed by atoms with Gasteiger partial charge in [-0.2, -0.15) is 0 Å². The highest BCUT2D eigenvalue weighted by molar-refractivity contribution is 6.04. The van der Waals surface area contributed by atoms with Gasteiger partial charge in [0.1, 0.15) is 17.3 Å². The summed E-state index contributed by atoms with van der Waals surface area (Å²) < 4.78 is 16.6. The van der Waals surface area contributed by atoms with Crippen LogP contribution in [0.25, 0.3) is 11.5 Å². The average Bonchev–Trinajstić information content (AvgIpc) is 3.56. The van der Waals surface area contributed by atoms with E-state index in [9.17, 15) is 9.59 Å². The molecular formula is C25H29FN8O2. The molecule has 1 unspecified atom stereocenters. The summed E-state index contributed by atoms with van der Waals surface area (Å²) in [5.74, 6) is -0.485. The van der Waals surface area contributed by atoms with Crippen molar-refractivity contribution in [2.45, 2.75) is 52.1 Å². The number of hydrogen-bond donors (Lipinski definition) is 1. The van der Waals surface area contributed by atoms with Crippen LogP contribution in [0.3, 0.4) is 0 Å². The predicted molar refractivity (Wildman–Crippen MR) is 131 cm³/mol. The first kappa shape index (κ1) is 23.8. The zero-order valence-corrected chi connectivity index (χ0v) is 20.6. The second kappa shape index (κ2) is 9.63. The van der Waals surface area contributed by atoms with Gasteiger partial charge in [-0.05, 0) is 85.9 Å². The maximum atomic E-state index is 15.0. The van der Waals surface area contributed by atoms with Gasteiger partial charge in [0.25, 0.3) is 5.91 Å². The number of carbonyl (C=O) groups excluding carboxylic acids is 2. The molecule has 2 aliphatic heterocycles. The molecule has 5 rings (SSSR count). The molecule has 1 saturated heterocycles. The molecular weight excluding hydrogens is 463 g/mol. The van der Waals surface area contributed by atoms with Crippen molar-refractivity contribution in [3.63, 3.8) is 0 Å². The molecule has 0 radical (unpaired) electrons. The van der Waals surface area contributed by atoms with E-state index in [0.29, 0.717) is 24.5 Å². The highest BCUT2D eigenvalue weighted by atomic mass is 19.1. The molecule has 1 fully saturated rings. The monoisotopic (exact) mass is 492 g/mol. The average molecular weight is 493 g/mol. The number of fused-ring (bicyclic) bond motifs is 1. The van der Waals surface area contributed by atoms with Crippen molar-refractivity contribution < 1.29 is 14.0 Å². The van der Waals surface area contributed by atoms with Gasteiger partial charge in [-0.15, -0.1) is 5.10 Å². The number of pyridine rings is 1. The van der Waals surface area contributed by atoms with Crippen LogP contribution in [0.5, 0.6) is 0 Å². The van der Waals surface area contributed by atoms with E-state index in [2.05, 4.69) is 25.8 Å². The number of nitrogens with zero attached hydrogens (tertiary/aromatic N) is 7. The minimum absolute atomic E-state index is 0.00530. The van der Waals surface area contributed by atoms with Crippen molar-refractivity contribution in [2.75, 3.05) is 25.0 Å². The number of urea groups is 1. The van der Waals surface area contributed by atoms with E-state index in [1.165, 1.54) is 6.07 Å². The highest BCUT2D eigenvalue weighted by Gasteiger charge is 2.33. The zero-order valence-electron chi connectivity index (χ0n) is 20.6. The number of carbonyl (C=O) groups is 2. The van der Waals surface area contributed by atoms with E-state index in [0.717, 1.165) is 37.1 Å². The van der Waals surface area contributed by atoms with Crippen molar-refractivity contribution in [3.8, 4) is 11.5 Å². The lowest BCUT2D eigenvalue weighted by molar-refractivity contribution is 0.102. The van der Waals surface area contributed by atoms with E-state index < -0.39 is 11.7 Å². The molecule has 0 spiro atoms. The Morgan fingerprint density at radius 3 is 2.67 bits per heavy atom. The summed E-state index contributed by atoms with van der Waals surface area (Å²) in [6, 6.07) is 7.85. The van der Waals surface area contributed by atoms with E-state index in [1.807, 2.05) is 30.6 Å². The highest BCUT2D eigenvalue weighted by Crippen LogP contribution is 2.33. The Morgan fingerprint density at radius 2 is 1.92 bits per heavy atom. The van der Waals surface area contributed by atoms with Crippen LogP contribution in [0, 0.1) is 5.82 Å². The Kier molecular flexibility index (Phi) is 6.38. The lowest BCUT2D eigenvalue weighted by atomic mass is 9.91. The number of amides is 3. The predicted octanol–water partition coefficient (Wildman–Crippen LogP) is 3.84. The molecule has 0 bridgehead atoms. The lowest BCUT2D eigenvalue weighted by Gasteiger charge is -2.37. The summed E-state index contributed by atoms with van der Waals surface area (Å²) in [7, 11) is 0. The van der Waals surface area contributed by atoms with Crippen LogP contribution in [0.1, 0.15) is 67.2 Å². The molecule has 1 atom stereocenters. The molecule has 11 heteroatoms. The quantitative estimate of drug-likeness (QED) is 0.593. The van der Waals surface area contributed by atoms with Crippen LogP contribution in [0.2, 0.25) is 0 Å². The van der Waals surface area contributed by atoms with Crippen molar-refractivity contribution in [1.82, 2.24) is 35.0 Å². The van der Waals surface area contributed by atoms with E-state index >= 15 is 4.39 Å². The SMILES string of the molecule is CC1c2cc(C(=O)Nc3cccc(-c4nnnn4C(C)C)n3)c(F)cc2CCN1C(=O)N1CCCC1. The molecule has 0 saturated carbocycles. The number of benzene rings is 1. The molecule has 3 amide bonds. The molecule has 4 heterocycles. The Labute approximate surface area is 208 Å². The molecule has 36 heavy (non-hydrogen) atoms. The number of hydrogen-bond acceptors (Lipinski definition) is 6. The third kappa shape index (κ3) is 4.40. The van der Waals surface area contributed by atoms with Crippen LogP contribution >= 0.6 is 0 Å². The molecule has 1 aromatic carbocycles. The van der Waals surface area contributed by atoms with Crippen molar-refractivity contribution in [2.24, 2.45) is 0 Å². The third-order valence-corrected chi connectivity index (χ3v) is 6.84. The molecule has 10 nitrogen and oxygen atoms in total. The van der Waals surface area contributed by atoms with Gasteiger partial charge >= 0.3 is 6.03 Å². The van der Waals surface area contributed by atoms with Gasteiger partial charge in [0.15, 0.2) is 0 Å². The molecule has 0 aliphatic carbocycles. The maximum Gasteiger partial charge on any atom is 0.320 e. The van der Waals surface area contributed by atoms with Crippen LogP contribution in [-0.4, -0.2) is 66.6 Å². The second-order valence-corrected chi connectivity index (χ2v) is 9.53. The molecule has 2 aromatic heterocycles. The summed E-state index contributed by atoms with van der Waals surface area (Å²) >= 11 is 0. The second-order valence-electron chi connectivity index (χ2n) is 9.53. The van der Waals surface area contributed by atoms with Gasteiger partial charge < -0.3 is 15.1 Å². The lowest BCUT2D eigenvalue weighted by Crippen LogP contribution is -2.46. The van der Waals surface area contributed by atoms with E-state index in [4.69, 9.17) is 0 Å². The number of tetrazole rings is 1. The first-order valence-electron chi connectivity index (χ1n) is 12.3. The summed E-state index contributed by atoms with van der Waals surface area (Å²) in [6.45, 7) is 7.88. The van der Waals surface area contributed by atoms with Crippen molar-refractivity contribution >= 4 is 17.8 Å². The number of nitrogens with one attached hydrogen (secondary N) is 1. The Balaban J connectivity index is 1.38. The van der Waals surface area contributed by atoms with Gasteiger partial charge in [0, 0.05) is 19.6 Å².